The Bertz CT molecular complexity index is 80.6. The van der Waals surface area contributed by atoms with Crippen LogP contribution in [0.25, 0.3) is 0 Å². The Balaban J connectivity index is 3.24. The highest BCUT2D eigenvalue weighted by Gasteiger charge is 2.00. The molecule has 2 heteroatoms. The van der Waals surface area contributed by atoms with Gasteiger partial charge in [-0.05, 0) is 6.42 Å². The summed E-state index contributed by atoms with van der Waals surface area (Å²) in [6.45, 7) is 5.75. The van der Waals surface area contributed by atoms with E-state index in [1.54, 1.807) is 6.92 Å². The summed E-state index contributed by atoms with van der Waals surface area (Å²) < 4.78 is 0. The molecule has 0 aromatic rings. The molecule has 0 radical (unpaired) electrons. The zero-order valence-electron chi connectivity index (χ0n) is 5.60. The predicted octanol–water partition coefficient (Wildman–Crippen LogP) is 2.06. The molecule has 1 nitrogen and oxygen atoms in total. The van der Waals surface area contributed by atoms with Crippen molar-refractivity contribution >= 4 is 16.9 Å². The second-order valence-corrected chi connectivity index (χ2v) is 3.44. The van der Waals surface area contributed by atoms with Gasteiger partial charge in [0.15, 0.2) is 5.12 Å². The maximum atomic E-state index is 10.4. The van der Waals surface area contributed by atoms with Crippen LogP contribution in [0.4, 0.5) is 0 Å². The van der Waals surface area contributed by atoms with Gasteiger partial charge in [0.1, 0.15) is 0 Å². The molecular weight excluding hydrogens is 120 g/mol. The van der Waals surface area contributed by atoms with Gasteiger partial charge in [-0.1, -0.05) is 25.6 Å². The van der Waals surface area contributed by atoms with Crippen molar-refractivity contribution < 1.29 is 4.79 Å². The number of hydrogen-bond acceptors (Lipinski definition) is 2. The second-order valence-electron chi connectivity index (χ2n) is 1.83. The zero-order chi connectivity index (χ0) is 6.57. The molecule has 0 aliphatic carbocycles. The van der Waals surface area contributed by atoms with Crippen molar-refractivity contribution in [1.82, 2.24) is 0 Å². The largest absolute Gasteiger partial charge is 0.288 e. The van der Waals surface area contributed by atoms with Gasteiger partial charge in [0.05, 0.1) is 0 Å². The summed E-state index contributed by atoms with van der Waals surface area (Å²) in [7, 11) is 0. The van der Waals surface area contributed by atoms with Crippen LogP contribution < -0.4 is 0 Å². The summed E-state index contributed by atoms with van der Waals surface area (Å²) in [5.41, 5.74) is 0. The fourth-order valence-corrected chi connectivity index (χ4v) is 1.10. The van der Waals surface area contributed by atoms with E-state index in [-0.39, 0.29) is 5.12 Å². The van der Waals surface area contributed by atoms with Crippen molar-refractivity contribution in [1.29, 1.82) is 0 Å². The minimum absolute atomic E-state index is 0.222. The molecule has 0 bridgehead atoms. The smallest absolute Gasteiger partial charge is 0.186 e. The third-order valence-corrected chi connectivity index (χ3v) is 2.01. The normalized spacial score (nSPS) is 13.4. The molecule has 0 rings (SSSR count). The summed E-state index contributed by atoms with van der Waals surface area (Å²) >= 11 is 1.42. The molecule has 1 unspecified atom stereocenters. The average Bonchev–Trinajstić information content (AvgIpc) is 1.65. The lowest BCUT2D eigenvalue weighted by Gasteiger charge is -2.01. The lowest BCUT2D eigenvalue weighted by molar-refractivity contribution is -0.109. The first-order valence-corrected chi connectivity index (χ1v) is 3.72. The van der Waals surface area contributed by atoms with Crippen LogP contribution in [0.5, 0.6) is 0 Å². The van der Waals surface area contributed by atoms with Crippen LogP contribution in [0.2, 0.25) is 0 Å². The summed E-state index contributed by atoms with van der Waals surface area (Å²) in [6.07, 6.45) is 1.07. The Morgan fingerprint density at radius 2 is 2.25 bits per heavy atom. The lowest BCUT2D eigenvalue weighted by atomic mass is 10.4. The minimum Gasteiger partial charge on any atom is -0.288 e. The third kappa shape index (κ3) is 4.19. The Kier molecular flexibility index (Phi) is 3.97. The molecule has 0 spiro atoms. The van der Waals surface area contributed by atoms with Gasteiger partial charge in [0, 0.05) is 12.2 Å². The van der Waals surface area contributed by atoms with E-state index in [4.69, 9.17) is 0 Å². The number of carbonyl (C=O) groups excluding carboxylic acids is 1. The van der Waals surface area contributed by atoms with Gasteiger partial charge in [0.25, 0.3) is 0 Å². The SMILES string of the molecule is CCC(C)SC(C)=O. The van der Waals surface area contributed by atoms with Crippen LogP contribution in [0, 0.1) is 0 Å². The fourth-order valence-electron chi connectivity index (χ4n) is 0.367. The van der Waals surface area contributed by atoms with Crippen molar-refractivity contribution in [2.75, 3.05) is 0 Å². The summed E-state index contributed by atoms with van der Waals surface area (Å²) in [4.78, 5) is 10.4. The topological polar surface area (TPSA) is 17.1 Å². The highest BCUT2D eigenvalue weighted by molar-refractivity contribution is 8.14. The highest BCUT2D eigenvalue weighted by atomic mass is 32.2. The van der Waals surface area contributed by atoms with Gasteiger partial charge in [-0.3, -0.25) is 4.79 Å². The van der Waals surface area contributed by atoms with E-state index in [0.29, 0.717) is 5.25 Å². The molecule has 8 heavy (non-hydrogen) atoms. The van der Waals surface area contributed by atoms with Crippen LogP contribution in [-0.2, 0) is 4.79 Å². The molecule has 48 valence electrons. The quantitative estimate of drug-likeness (QED) is 0.572. The maximum absolute atomic E-state index is 10.4. The summed E-state index contributed by atoms with van der Waals surface area (Å²) in [5.74, 6) is 0. The van der Waals surface area contributed by atoms with Crippen molar-refractivity contribution in [2.24, 2.45) is 0 Å². The number of thioether (sulfide) groups is 1. The molecule has 0 amide bonds. The minimum atomic E-state index is 0.222. The van der Waals surface area contributed by atoms with Crippen LogP contribution in [0.1, 0.15) is 27.2 Å². The van der Waals surface area contributed by atoms with E-state index in [1.807, 2.05) is 0 Å². The zero-order valence-corrected chi connectivity index (χ0v) is 6.42. The molecule has 0 fully saturated rings. The van der Waals surface area contributed by atoms with Crippen LogP contribution in [0.15, 0.2) is 0 Å². The second kappa shape index (κ2) is 3.96. The molecule has 0 saturated carbocycles. The summed E-state index contributed by atoms with van der Waals surface area (Å²) in [5, 5.41) is 0.715. The van der Waals surface area contributed by atoms with Crippen molar-refractivity contribution in [3.8, 4) is 0 Å². The molecule has 0 heterocycles. The number of rotatable bonds is 2. The van der Waals surface area contributed by atoms with Crippen LogP contribution in [0.3, 0.4) is 0 Å². The first-order chi connectivity index (χ1) is 3.66. The first kappa shape index (κ1) is 8.02. The van der Waals surface area contributed by atoms with Crippen molar-refractivity contribution in [3.63, 3.8) is 0 Å². The molecule has 0 aromatic carbocycles. The Morgan fingerprint density at radius 1 is 1.75 bits per heavy atom. The first-order valence-electron chi connectivity index (χ1n) is 2.84. The van der Waals surface area contributed by atoms with E-state index in [9.17, 15) is 4.79 Å². The van der Waals surface area contributed by atoms with Gasteiger partial charge in [0.2, 0.25) is 0 Å². The molecule has 0 N–H and O–H groups in total. The van der Waals surface area contributed by atoms with E-state index in [0.717, 1.165) is 6.42 Å². The number of hydrogen-bond donors (Lipinski definition) is 0. The van der Waals surface area contributed by atoms with E-state index in [2.05, 4.69) is 13.8 Å². The van der Waals surface area contributed by atoms with Gasteiger partial charge in [-0.2, -0.15) is 0 Å². The molecule has 0 saturated heterocycles. The van der Waals surface area contributed by atoms with E-state index in [1.165, 1.54) is 11.8 Å². The highest BCUT2D eigenvalue weighted by Crippen LogP contribution is 2.12. The standard InChI is InChI=1S/C6H12OS/c1-4-5(2)8-6(3)7/h5H,4H2,1-3H3. The Morgan fingerprint density at radius 3 is 2.38 bits per heavy atom. The molecule has 0 aliphatic heterocycles. The lowest BCUT2D eigenvalue weighted by Crippen LogP contribution is -1.95. The van der Waals surface area contributed by atoms with Gasteiger partial charge in [-0.15, -0.1) is 0 Å². The van der Waals surface area contributed by atoms with Gasteiger partial charge in [-0.25, -0.2) is 0 Å². The fraction of sp³-hybridized carbons (Fsp3) is 0.833. The molecule has 1 atom stereocenters. The third-order valence-electron chi connectivity index (χ3n) is 0.942. The summed E-state index contributed by atoms with van der Waals surface area (Å²) in [6, 6.07) is 0. The molecular formula is C6H12OS. The van der Waals surface area contributed by atoms with E-state index < -0.39 is 0 Å². The number of carbonyl (C=O) groups is 1. The Hall–Kier alpha value is 0.0200. The molecule has 0 aromatic heterocycles. The van der Waals surface area contributed by atoms with Crippen LogP contribution >= 0.6 is 11.8 Å². The predicted molar refractivity (Wildman–Crippen MR) is 38.0 cm³/mol. The maximum Gasteiger partial charge on any atom is 0.186 e. The Labute approximate surface area is 54.8 Å². The van der Waals surface area contributed by atoms with Gasteiger partial charge < -0.3 is 0 Å². The van der Waals surface area contributed by atoms with Crippen LogP contribution in [-0.4, -0.2) is 10.4 Å². The monoisotopic (exact) mass is 132 g/mol. The molecule has 0 aliphatic rings. The van der Waals surface area contributed by atoms with Crippen molar-refractivity contribution in [2.45, 2.75) is 32.4 Å². The van der Waals surface area contributed by atoms with Crippen molar-refractivity contribution in [3.05, 3.63) is 0 Å². The average molecular weight is 132 g/mol. The van der Waals surface area contributed by atoms with Gasteiger partial charge >= 0.3 is 0 Å². The van der Waals surface area contributed by atoms with E-state index >= 15 is 0 Å².